The number of ether oxygens (including phenoxy) is 1. The maximum Gasteiger partial charge on any atom is 0.230 e. The normalized spacial score (nSPS) is 11.9. The minimum Gasteiger partial charge on any atom is -0.496 e. The minimum absolute atomic E-state index is 0.0250. The van der Waals surface area contributed by atoms with E-state index in [-0.39, 0.29) is 11.9 Å². The molecule has 0 saturated heterocycles. The van der Waals surface area contributed by atoms with Crippen LogP contribution in [0.15, 0.2) is 41.3 Å². The highest BCUT2D eigenvalue weighted by atomic mass is 32.2. The largest absolute Gasteiger partial charge is 0.496 e. The van der Waals surface area contributed by atoms with Gasteiger partial charge in [0.15, 0.2) is 0 Å². The molecule has 0 aromatic heterocycles. The molecule has 0 spiro atoms. The first-order chi connectivity index (χ1) is 11.4. The Labute approximate surface area is 148 Å². The molecule has 1 atom stereocenters. The van der Waals surface area contributed by atoms with E-state index < -0.39 is 0 Å². The number of hydrogen-bond donors (Lipinski definition) is 1. The Morgan fingerprint density at radius 2 is 1.79 bits per heavy atom. The zero-order valence-electron chi connectivity index (χ0n) is 15.0. The standard InChI is InChI=1S/C20H25NO2S/c1-13-7-9-18(23-5)17(10-13)16(4)21-20(22)12-24-19-11-14(2)6-8-15(19)3/h6-11,16H,12H2,1-5H3,(H,21,22). The van der Waals surface area contributed by atoms with Crippen molar-refractivity contribution in [2.24, 2.45) is 0 Å². The van der Waals surface area contributed by atoms with E-state index in [0.29, 0.717) is 5.75 Å². The van der Waals surface area contributed by atoms with E-state index in [1.54, 1.807) is 18.9 Å². The lowest BCUT2D eigenvalue weighted by Crippen LogP contribution is -2.28. The van der Waals surface area contributed by atoms with Gasteiger partial charge in [0.2, 0.25) is 5.91 Å². The van der Waals surface area contributed by atoms with Crippen LogP contribution in [-0.4, -0.2) is 18.8 Å². The number of nitrogens with one attached hydrogen (secondary N) is 1. The smallest absolute Gasteiger partial charge is 0.230 e. The number of aryl methyl sites for hydroxylation is 3. The summed E-state index contributed by atoms with van der Waals surface area (Å²) in [5, 5.41) is 3.06. The highest BCUT2D eigenvalue weighted by Gasteiger charge is 2.14. The van der Waals surface area contributed by atoms with Gasteiger partial charge in [0.1, 0.15) is 5.75 Å². The first-order valence-corrected chi connectivity index (χ1v) is 9.03. The topological polar surface area (TPSA) is 38.3 Å². The van der Waals surface area contributed by atoms with Crippen molar-refractivity contribution in [3.63, 3.8) is 0 Å². The van der Waals surface area contributed by atoms with E-state index >= 15 is 0 Å². The summed E-state index contributed by atoms with van der Waals surface area (Å²) in [5.41, 5.74) is 4.56. The number of rotatable bonds is 6. The van der Waals surface area contributed by atoms with Gasteiger partial charge in [-0.1, -0.05) is 35.4 Å². The van der Waals surface area contributed by atoms with Crippen LogP contribution in [0.2, 0.25) is 0 Å². The third-order valence-corrected chi connectivity index (χ3v) is 5.09. The summed E-state index contributed by atoms with van der Waals surface area (Å²) in [5.74, 6) is 1.23. The maximum atomic E-state index is 12.3. The molecule has 128 valence electrons. The van der Waals surface area contributed by atoms with Gasteiger partial charge in [-0.25, -0.2) is 0 Å². The van der Waals surface area contributed by atoms with Crippen molar-refractivity contribution in [2.75, 3.05) is 12.9 Å². The highest BCUT2D eigenvalue weighted by molar-refractivity contribution is 8.00. The number of carbonyl (C=O) groups is 1. The fourth-order valence-corrected chi connectivity index (χ4v) is 3.49. The molecule has 0 heterocycles. The van der Waals surface area contributed by atoms with Crippen molar-refractivity contribution in [2.45, 2.75) is 38.6 Å². The van der Waals surface area contributed by atoms with Crippen LogP contribution in [0.1, 0.15) is 35.2 Å². The summed E-state index contributed by atoms with van der Waals surface area (Å²) in [6, 6.07) is 12.2. The number of carbonyl (C=O) groups excluding carboxylic acids is 1. The zero-order valence-corrected chi connectivity index (χ0v) is 15.8. The average Bonchev–Trinajstić information content (AvgIpc) is 2.55. The monoisotopic (exact) mass is 343 g/mol. The van der Waals surface area contributed by atoms with E-state index in [2.05, 4.69) is 43.4 Å². The van der Waals surface area contributed by atoms with Crippen LogP contribution >= 0.6 is 11.8 Å². The molecule has 2 aromatic carbocycles. The molecule has 24 heavy (non-hydrogen) atoms. The molecule has 1 amide bonds. The van der Waals surface area contributed by atoms with Crippen LogP contribution in [0.4, 0.5) is 0 Å². The number of hydrogen-bond acceptors (Lipinski definition) is 3. The van der Waals surface area contributed by atoms with E-state index in [0.717, 1.165) is 21.8 Å². The van der Waals surface area contributed by atoms with Crippen LogP contribution in [-0.2, 0) is 4.79 Å². The summed E-state index contributed by atoms with van der Waals surface area (Å²) >= 11 is 1.58. The first-order valence-electron chi connectivity index (χ1n) is 8.04. The molecular formula is C20H25NO2S. The van der Waals surface area contributed by atoms with E-state index in [9.17, 15) is 4.79 Å². The van der Waals surface area contributed by atoms with Crippen molar-refractivity contribution >= 4 is 17.7 Å². The van der Waals surface area contributed by atoms with Crippen LogP contribution in [0.25, 0.3) is 0 Å². The van der Waals surface area contributed by atoms with Gasteiger partial charge >= 0.3 is 0 Å². The van der Waals surface area contributed by atoms with E-state index in [1.165, 1.54) is 11.1 Å². The Kier molecular flexibility index (Phi) is 6.32. The van der Waals surface area contributed by atoms with Gasteiger partial charge in [-0.2, -0.15) is 0 Å². The Hall–Kier alpha value is -1.94. The molecule has 0 aliphatic heterocycles. The summed E-state index contributed by atoms with van der Waals surface area (Å²) < 4.78 is 5.40. The molecule has 3 nitrogen and oxygen atoms in total. The number of amides is 1. The molecule has 1 N–H and O–H groups in total. The molecule has 2 rings (SSSR count). The summed E-state index contributed by atoms with van der Waals surface area (Å²) in [6.45, 7) is 8.15. The molecule has 0 aliphatic rings. The van der Waals surface area contributed by atoms with E-state index in [1.807, 2.05) is 26.0 Å². The number of methoxy groups -OCH3 is 1. The van der Waals surface area contributed by atoms with Crippen LogP contribution in [0.5, 0.6) is 5.75 Å². The predicted octanol–water partition coefficient (Wildman–Crippen LogP) is 4.59. The van der Waals surface area contributed by atoms with Crippen LogP contribution in [0.3, 0.4) is 0 Å². The first kappa shape index (κ1) is 18.4. The molecular weight excluding hydrogens is 318 g/mol. The third kappa shape index (κ3) is 4.78. The molecule has 0 radical (unpaired) electrons. The summed E-state index contributed by atoms with van der Waals surface area (Å²) in [4.78, 5) is 13.5. The van der Waals surface area contributed by atoms with Crippen molar-refractivity contribution in [1.82, 2.24) is 5.32 Å². The summed E-state index contributed by atoms with van der Waals surface area (Å²) in [7, 11) is 1.65. The Morgan fingerprint density at radius 3 is 2.50 bits per heavy atom. The van der Waals surface area contributed by atoms with Gasteiger partial charge in [-0.3, -0.25) is 4.79 Å². The van der Waals surface area contributed by atoms with Crippen molar-refractivity contribution in [1.29, 1.82) is 0 Å². The lowest BCUT2D eigenvalue weighted by atomic mass is 10.0. The molecule has 2 aromatic rings. The molecule has 0 bridgehead atoms. The predicted molar refractivity (Wildman–Crippen MR) is 101 cm³/mol. The second-order valence-corrected chi connectivity index (χ2v) is 7.11. The zero-order chi connectivity index (χ0) is 17.7. The fraction of sp³-hybridized carbons (Fsp3) is 0.350. The summed E-state index contributed by atoms with van der Waals surface area (Å²) in [6.07, 6.45) is 0. The second kappa shape index (κ2) is 8.25. The molecule has 1 unspecified atom stereocenters. The van der Waals surface area contributed by atoms with Crippen molar-refractivity contribution in [3.05, 3.63) is 58.7 Å². The molecule has 0 saturated carbocycles. The fourth-order valence-electron chi connectivity index (χ4n) is 2.56. The lowest BCUT2D eigenvalue weighted by Gasteiger charge is -2.18. The SMILES string of the molecule is COc1ccc(C)cc1C(C)NC(=O)CSc1cc(C)ccc1C. The van der Waals surface area contributed by atoms with Crippen molar-refractivity contribution < 1.29 is 9.53 Å². The highest BCUT2D eigenvalue weighted by Crippen LogP contribution is 2.27. The Bertz CT molecular complexity index is 728. The van der Waals surface area contributed by atoms with Crippen LogP contribution in [0, 0.1) is 20.8 Å². The van der Waals surface area contributed by atoms with Crippen LogP contribution < -0.4 is 10.1 Å². The Morgan fingerprint density at radius 1 is 1.12 bits per heavy atom. The van der Waals surface area contributed by atoms with Crippen molar-refractivity contribution in [3.8, 4) is 5.75 Å². The number of thioether (sulfide) groups is 1. The quantitative estimate of drug-likeness (QED) is 0.780. The van der Waals surface area contributed by atoms with Gasteiger partial charge in [0.05, 0.1) is 18.9 Å². The van der Waals surface area contributed by atoms with Gasteiger partial charge in [-0.05, 0) is 45.4 Å². The minimum atomic E-state index is -0.0912. The van der Waals surface area contributed by atoms with Gasteiger partial charge in [-0.15, -0.1) is 11.8 Å². The molecule has 0 aliphatic carbocycles. The second-order valence-electron chi connectivity index (χ2n) is 6.09. The maximum absolute atomic E-state index is 12.3. The lowest BCUT2D eigenvalue weighted by molar-refractivity contribution is -0.119. The molecule has 0 fully saturated rings. The average molecular weight is 343 g/mol. The third-order valence-electron chi connectivity index (χ3n) is 3.93. The van der Waals surface area contributed by atoms with Gasteiger partial charge in [0, 0.05) is 10.5 Å². The van der Waals surface area contributed by atoms with Gasteiger partial charge < -0.3 is 10.1 Å². The molecule has 4 heteroatoms. The van der Waals surface area contributed by atoms with E-state index in [4.69, 9.17) is 4.74 Å². The number of benzene rings is 2. The Balaban J connectivity index is 1.99. The van der Waals surface area contributed by atoms with Gasteiger partial charge in [0.25, 0.3) is 0 Å².